The molecule has 0 aliphatic carbocycles. The maximum Gasteiger partial charge on any atom is 0.326 e. The number of ether oxygens (including phenoxy) is 1. The Bertz CT molecular complexity index is 743. The van der Waals surface area contributed by atoms with Gasteiger partial charge in [0.2, 0.25) is 0 Å². The van der Waals surface area contributed by atoms with Gasteiger partial charge in [0.1, 0.15) is 11.4 Å². The number of aromatic amines is 2. The van der Waals surface area contributed by atoms with E-state index < -0.39 is 17.2 Å². The van der Waals surface area contributed by atoms with Crippen molar-refractivity contribution in [2.24, 2.45) is 0 Å². The summed E-state index contributed by atoms with van der Waals surface area (Å²) in [7, 11) is 1.53. The molecule has 2 rings (SSSR count). The Labute approximate surface area is 113 Å². The molecule has 0 unspecified atom stereocenters. The number of rotatable bonds is 3. The normalized spacial score (nSPS) is 10.1. The second-order valence-corrected chi connectivity index (χ2v) is 4.09. The Kier molecular flexibility index (Phi) is 3.69. The highest BCUT2D eigenvalue weighted by Crippen LogP contribution is 2.12. The highest BCUT2D eigenvalue weighted by molar-refractivity contribution is 6.04. The summed E-state index contributed by atoms with van der Waals surface area (Å²) in [6.45, 7) is 1.53. The van der Waals surface area contributed by atoms with Crippen molar-refractivity contribution in [1.29, 1.82) is 0 Å². The van der Waals surface area contributed by atoms with Crippen LogP contribution in [0.25, 0.3) is 0 Å². The minimum atomic E-state index is -0.645. The van der Waals surface area contributed by atoms with Gasteiger partial charge >= 0.3 is 5.69 Å². The molecule has 0 bridgehead atoms. The molecule has 7 nitrogen and oxygen atoms in total. The molecule has 1 aromatic heterocycles. The van der Waals surface area contributed by atoms with Gasteiger partial charge in [-0.05, 0) is 31.2 Å². The summed E-state index contributed by atoms with van der Waals surface area (Å²) in [5, 5.41) is 2.47. The van der Waals surface area contributed by atoms with Crippen molar-refractivity contribution in [3.8, 4) is 5.75 Å². The molecule has 0 atom stereocenters. The molecule has 0 saturated heterocycles. The summed E-state index contributed by atoms with van der Waals surface area (Å²) in [5.74, 6) is 0.174. The van der Waals surface area contributed by atoms with Crippen LogP contribution in [0, 0.1) is 6.92 Å². The number of amides is 1. The topological polar surface area (TPSA) is 104 Å². The third-order valence-corrected chi connectivity index (χ3v) is 2.72. The van der Waals surface area contributed by atoms with Crippen LogP contribution in [-0.4, -0.2) is 23.0 Å². The molecule has 3 N–H and O–H groups in total. The van der Waals surface area contributed by atoms with Crippen molar-refractivity contribution in [2.75, 3.05) is 12.4 Å². The number of aryl methyl sites for hydroxylation is 1. The van der Waals surface area contributed by atoms with Gasteiger partial charge in [0, 0.05) is 11.3 Å². The fourth-order valence-electron chi connectivity index (χ4n) is 1.68. The second kappa shape index (κ2) is 5.43. The van der Waals surface area contributed by atoms with E-state index in [0.717, 1.165) is 0 Å². The number of methoxy groups -OCH3 is 1. The molecule has 1 amide bonds. The first-order chi connectivity index (χ1) is 9.51. The summed E-state index contributed by atoms with van der Waals surface area (Å²) in [4.78, 5) is 39.1. The van der Waals surface area contributed by atoms with E-state index in [4.69, 9.17) is 4.74 Å². The lowest BCUT2D eigenvalue weighted by atomic mass is 10.2. The van der Waals surface area contributed by atoms with Crippen LogP contribution >= 0.6 is 0 Å². The van der Waals surface area contributed by atoms with Crippen molar-refractivity contribution in [2.45, 2.75) is 6.92 Å². The quantitative estimate of drug-likeness (QED) is 0.764. The number of anilines is 1. The fourth-order valence-corrected chi connectivity index (χ4v) is 1.68. The molecule has 20 heavy (non-hydrogen) atoms. The summed E-state index contributed by atoms with van der Waals surface area (Å²) in [6.07, 6.45) is 0. The Morgan fingerprint density at radius 1 is 1.15 bits per heavy atom. The standard InChI is InChI=1S/C13H13N3O4/c1-7-10(12(18)16-13(19)14-7)15-11(17)8-3-5-9(20-2)6-4-8/h3-6H,1-2H3,(H,15,17)(H2,14,16,18,19). The third-order valence-electron chi connectivity index (χ3n) is 2.72. The van der Waals surface area contributed by atoms with Crippen LogP contribution < -0.4 is 21.3 Å². The maximum atomic E-state index is 12.0. The summed E-state index contributed by atoms with van der Waals surface area (Å²) in [6, 6.07) is 6.42. The van der Waals surface area contributed by atoms with Gasteiger partial charge in [-0.15, -0.1) is 0 Å². The first-order valence-electron chi connectivity index (χ1n) is 5.80. The average Bonchev–Trinajstić information content (AvgIpc) is 2.42. The van der Waals surface area contributed by atoms with E-state index in [9.17, 15) is 14.4 Å². The van der Waals surface area contributed by atoms with Gasteiger partial charge in [-0.3, -0.25) is 14.6 Å². The molecule has 0 saturated carbocycles. The number of H-pyrrole nitrogens is 2. The first-order valence-corrected chi connectivity index (χ1v) is 5.80. The van der Waals surface area contributed by atoms with E-state index in [1.165, 1.54) is 14.0 Å². The lowest BCUT2D eigenvalue weighted by molar-refractivity contribution is 0.102. The first kappa shape index (κ1) is 13.6. The molecule has 1 aromatic carbocycles. The van der Waals surface area contributed by atoms with E-state index in [-0.39, 0.29) is 5.69 Å². The predicted molar refractivity (Wildman–Crippen MR) is 73.4 cm³/mol. The minimum absolute atomic E-state index is 0.0189. The van der Waals surface area contributed by atoms with E-state index in [2.05, 4.69) is 15.3 Å². The van der Waals surface area contributed by atoms with Gasteiger partial charge in [0.15, 0.2) is 0 Å². The van der Waals surface area contributed by atoms with Gasteiger partial charge in [-0.25, -0.2) is 4.79 Å². The maximum absolute atomic E-state index is 12.0. The molecule has 104 valence electrons. The van der Waals surface area contributed by atoms with E-state index in [1.807, 2.05) is 0 Å². The predicted octanol–water partition coefficient (Wildman–Crippen LogP) is 0.633. The SMILES string of the molecule is COc1ccc(C(=O)Nc2c(C)[nH]c(=O)[nH]c2=O)cc1. The Morgan fingerprint density at radius 2 is 1.80 bits per heavy atom. The zero-order valence-corrected chi connectivity index (χ0v) is 10.9. The van der Waals surface area contributed by atoms with Crippen molar-refractivity contribution in [1.82, 2.24) is 9.97 Å². The zero-order valence-electron chi connectivity index (χ0n) is 10.9. The molecular formula is C13H13N3O4. The van der Waals surface area contributed by atoms with Gasteiger partial charge in [-0.1, -0.05) is 0 Å². The van der Waals surface area contributed by atoms with Crippen LogP contribution in [-0.2, 0) is 0 Å². The average molecular weight is 275 g/mol. The monoisotopic (exact) mass is 275 g/mol. The summed E-state index contributed by atoms with van der Waals surface area (Å²) < 4.78 is 4.99. The highest BCUT2D eigenvalue weighted by atomic mass is 16.5. The van der Waals surface area contributed by atoms with Crippen molar-refractivity contribution in [3.63, 3.8) is 0 Å². The van der Waals surface area contributed by atoms with Crippen molar-refractivity contribution >= 4 is 11.6 Å². The Balaban J connectivity index is 2.27. The lowest BCUT2D eigenvalue weighted by Gasteiger charge is -2.07. The Hall–Kier alpha value is -2.83. The fraction of sp³-hybridized carbons (Fsp3) is 0.154. The lowest BCUT2D eigenvalue weighted by Crippen LogP contribution is -2.28. The zero-order chi connectivity index (χ0) is 14.7. The number of benzene rings is 1. The number of carbonyl (C=O) groups is 1. The van der Waals surface area contributed by atoms with Crippen molar-refractivity contribution < 1.29 is 9.53 Å². The largest absolute Gasteiger partial charge is 0.497 e. The number of aromatic nitrogens is 2. The van der Waals surface area contributed by atoms with Crippen molar-refractivity contribution in [3.05, 3.63) is 56.4 Å². The molecule has 0 aliphatic heterocycles. The van der Waals surface area contributed by atoms with Crippen LogP contribution in [0.5, 0.6) is 5.75 Å². The highest BCUT2D eigenvalue weighted by Gasteiger charge is 2.11. The second-order valence-electron chi connectivity index (χ2n) is 4.09. The van der Waals surface area contributed by atoms with Gasteiger partial charge in [-0.2, -0.15) is 0 Å². The van der Waals surface area contributed by atoms with E-state index >= 15 is 0 Å². The van der Waals surface area contributed by atoms with E-state index in [1.54, 1.807) is 24.3 Å². The number of hydrogen-bond acceptors (Lipinski definition) is 4. The van der Waals surface area contributed by atoms with Gasteiger partial charge < -0.3 is 15.0 Å². The molecule has 2 aromatic rings. The van der Waals surface area contributed by atoms with Crippen LogP contribution in [0.4, 0.5) is 5.69 Å². The number of carbonyl (C=O) groups excluding carboxylic acids is 1. The van der Waals surface area contributed by atoms with Crippen LogP contribution in [0.3, 0.4) is 0 Å². The Morgan fingerprint density at radius 3 is 2.35 bits per heavy atom. The summed E-state index contributed by atoms with van der Waals surface area (Å²) >= 11 is 0. The molecule has 7 heteroatoms. The molecule has 0 spiro atoms. The molecule has 0 aliphatic rings. The molecule has 1 heterocycles. The molecule has 0 radical (unpaired) electrons. The van der Waals surface area contributed by atoms with Gasteiger partial charge in [0.05, 0.1) is 7.11 Å². The van der Waals surface area contributed by atoms with Crippen LogP contribution in [0.2, 0.25) is 0 Å². The summed E-state index contributed by atoms with van der Waals surface area (Å²) in [5.41, 5.74) is -0.579. The molecular weight excluding hydrogens is 262 g/mol. The minimum Gasteiger partial charge on any atom is -0.497 e. The van der Waals surface area contributed by atoms with Gasteiger partial charge in [0.25, 0.3) is 11.5 Å². The number of hydrogen-bond donors (Lipinski definition) is 3. The van der Waals surface area contributed by atoms with Crippen LogP contribution in [0.15, 0.2) is 33.9 Å². The van der Waals surface area contributed by atoms with Crippen LogP contribution in [0.1, 0.15) is 16.1 Å². The van der Waals surface area contributed by atoms with E-state index in [0.29, 0.717) is 17.0 Å². The molecule has 0 fully saturated rings. The third kappa shape index (κ3) is 2.77. The number of nitrogens with one attached hydrogen (secondary N) is 3. The smallest absolute Gasteiger partial charge is 0.326 e.